The van der Waals surface area contributed by atoms with Gasteiger partial charge in [-0.15, -0.1) is 0 Å². The van der Waals surface area contributed by atoms with Gasteiger partial charge < -0.3 is 14.7 Å². The van der Waals surface area contributed by atoms with E-state index in [1.165, 1.54) is 0 Å². The van der Waals surface area contributed by atoms with Gasteiger partial charge in [-0.05, 0) is 38.0 Å². The lowest BCUT2D eigenvalue weighted by Gasteiger charge is -2.34. The second kappa shape index (κ2) is 9.36. The summed E-state index contributed by atoms with van der Waals surface area (Å²) >= 11 is 0. The Morgan fingerprint density at radius 1 is 0.969 bits per heavy atom. The van der Waals surface area contributed by atoms with Crippen molar-refractivity contribution in [3.63, 3.8) is 0 Å². The zero-order valence-corrected chi connectivity index (χ0v) is 18.7. The van der Waals surface area contributed by atoms with Gasteiger partial charge in [-0.1, -0.05) is 47.6 Å². The molecule has 166 valence electrons. The molecule has 1 saturated heterocycles. The van der Waals surface area contributed by atoms with Crippen molar-refractivity contribution < 1.29 is 14.1 Å². The van der Waals surface area contributed by atoms with Crippen LogP contribution < -0.4 is 5.32 Å². The summed E-state index contributed by atoms with van der Waals surface area (Å²) in [7, 11) is 0. The van der Waals surface area contributed by atoms with E-state index in [1.54, 1.807) is 6.92 Å². The number of benzene rings is 2. The summed E-state index contributed by atoms with van der Waals surface area (Å²) in [6.07, 6.45) is 0. The van der Waals surface area contributed by atoms with Crippen LogP contribution in [0.2, 0.25) is 0 Å². The highest BCUT2D eigenvalue weighted by Gasteiger charge is 2.29. The van der Waals surface area contributed by atoms with E-state index in [2.05, 4.69) is 15.4 Å². The second-order valence-corrected chi connectivity index (χ2v) is 8.19. The van der Waals surface area contributed by atoms with Gasteiger partial charge in [0, 0.05) is 37.4 Å². The van der Waals surface area contributed by atoms with Crippen LogP contribution in [0.4, 0.5) is 5.69 Å². The van der Waals surface area contributed by atoms with E-state index in [9.17, 15) is 9.59 Å². The Bertz CT molecular complexity index is 1120. The van der Waals surface area contributed by atoms with Crippen LogP contribution in [0, 0.1) is 20.8 Å². The average molecular weight is 433 g/mol. The van der Waals surface area contributed by atoms with Crippen LogP contribution in [-0.4, -0.2) is 59.5 Å². The van der Waals surface area contributed by atoms with E-state index < -0.39 is 0 Å². The first-order valence-corrected chi connectivity index (χ1v) is 10.8. The number of hydrogen-bond acceptors (Lipinski definition) is 5. The molecule has 0 radical (unpaired) electrons. The molecular weight excluding hydrogens is 404 g/mol. The fourth-order valence-corrected chi connectivity index (χ4v) is 3.96. The van der Waals surface area contributed by atoms with Gasteiger partial charge in [-0.2, -0.15) is 0 Å². The van der Waals surface area contributed by atoms with Crippen LogP contribution in [0.25, 0.3) is 11.3 Å². The SMILES string of the molecule is Cc1cccc(NC(=O)CN2CCN(C(=O)c3c(-c4ccccc4)noc3C)CC2)c1C. The van der Waals surface area contributed by atoms with Crippen molar-refractivity contribution in [1.29, 1.82) is 0 Å². The van der Waals surface area contributed by atoms with Crippen LogP contribution >= 0.6 is 0 Å². The summed E-state index contributed by atoms with van der Waals surface area (Å²) in [5, 5.41) is 7.13. The van der Waals surface area contributed by atoms with Gasteiger partial charge in [0.25, 0.3) is 5.91 Å². The van der Waals surface area contributed by atoms with Crippen LogP contribution in [0.1, 0.15) is 27.2 Å². The molecule has 1 aromatic heterocycles. The van der Waals surface area contributed by atoms with Crippen molar-refractivity contribution in [2.75, 3.05) is 38.0 Å². The number of piperazine rings is 1. The first-order valence-electron chi connectivity index (χ1n) is 10.8. The van der Waals surface area contributed by atoms with Gasteiger partial charge in [0.15, 0.2) is 0 Å². The number of nitrogens with zero attached hydrogens (tertiary/aromatic N) is 3. The molecule has 32 heavy (non-hydrogen) atoms. The molecule has 0 unspecified atom stereocenters. The Morgan fingerprint density at radius 3 is 2.41 bits per heavy atom. The van der Waals surface area contributed by atoms with Gasteiger partial charge >= 0.3 is 0 Å². The van der Waals surface area contributed by atoms with Crippen LogP contribution in [0.15, 0.2) is 53.1 Å². The van der Waals surface area contributed by atoms with E-state index in [1.807, 2.05) is 67.3 Å². The highest BCUT2D eigenvalue weighted by Crippen LogP contribution is 2.26. The lowest BCUT2D eigenvalue weighted by atomic mass is 10.0. The molecule has 0 saturated carbocycles. The highest BCUT2D eigenvalue weighted by atomic mass is 16.5. The van der Waals surface area contributed by atoms with Crippen molar-refractivity contribution >= 4 is 17.5 Å². The minimum Gasteiger partial charge on any atom is -0.360 e. The van der Waals surface area contributed by atoms with Gasteiger partial charge in [-0.3, -0.25) is 14.5 Å². The molecule has 7 heteroatoms. The maximum atomic E-state index is 13.2. The lowest BCUT2D eigenvalue weighted by molar-refractivity contribution is -0.117. The van der Waals surface area contributed by atoms with Crippen LogP contribution in [-0.2, 0) is 4.79 Å². The minimum atomic E-state index is -0.0814. The molecule has 1 fully saturated rings. The third-order valence-electron chi connectivity index (χ3n) is 6.03. The van der Waals surface area contributed by atoms with Crippen LogP contribution in [0.3, 0.4) is 0 Å². The summed E-state index contributed by atoms with van der Waals surface area (Å²) in [4.78, 5) is 29.7. The second-order valence-electron chi connectivity index (χ2n) is 8.19. The number of anilines is 1. The number of carbonyl (C=O) groups excluding carboxylic acids is 2. The molecule has 1 aliphatic heterocycles. The summed E-state index contributed by atoms with van der Waals surface area (Å²) in [5.41, 5.74) is 5.01. The summed E-state index contributed by atoms with van der Waals surface area (Å²) < 4.78 is 5.35. The maximum Gasteiger partial charge on any atom is 0.259 e. The van der Waals surface area contributed by atoms with Gasteiger partial charge in [0.05, 0.1) is 6.54 Å². The largest absolute Gasteiger partial charge is 0.360 e. The van der Waals surface area contributed by atoms with Crippen molar-refractivity contribution in [2.45, 2.75) is 20.8 Å². The van der Waals surface area contributed by atoms with Gasteiger partial charge in [0.1, 0.15) is 17.0 Å². The summed E-state index contributed by atoms with van der Waals surface area (Å²) in [6.45, 7) is 8.47. The predicted octanol–water partition coefficient (Wildman–Crippen LogP) is 3.66. The van der Waals surface area contributed by atoms with E-state index in [-0.39, 0.29) is 11.8 Å². The maximum absolute atomic E-state index is 13.2. The summed E-state index contributed by atoms with van der Waals surface area (Å²) in [5.74, 6) is 0.394. The quantitative estimate of drug-likeness (QED) is 0.666. The number of aromatic nitrogens is 1. The topological polar surface area (TPSA) is 78.7 Å². The smallest absolute Gasteiger partial charge is 0.259 e. The first kappa shape index (κ1) is 21.8. The van der Waals surface area contributed by atoms with Crippen LogP contribution in [0.5, 0.6) is 0 Å². The third-order valence-corrected chi connectivity index (χ3v) is 6.03. The molecule has 2 amide bonds. The van der Waals surface area contributed by atoms with Crippen molar-refractivity contribution in [2.24, 2.45) is 0 Å². The monoisotopic (exact) mass is 432 g/mol. The lowest BCUT2D eigenvalue weighted by Crippen LogP contribution is -2.50. The normalized spacial score (nSPS) is 14.4. The third kappa shape index (κ3) is 4.57. The van der Waals surface area contributed by atoms with Gasteiger partial charge in [0.2, 0.25) is 5.91 Å². The number of amides is 2. The molecule has 0 bridgehead atoms. The molecule has 2 heterocycles. The minimum absolute atomic E-state index is 0.0419. The van der Waals surface area contributed by atoms with E-state index >= 15 is 0 Å². The molecule has 2 aromatic carbocycles. The molecule has 0 spiro atoms. The predicted molar refractivity (Wildman–Crippen MR) is 124 cm³/mol. The number of carbonyl (C=O) groups is 2. The molecule has 1 aliphatic rings. The first-order chi connectivity index (χ1) is 15.4. The van der Waals surface area contributed by atoms with E-state index in [0.717, 1.165) is 22.4 Å². The van der Waals surface area contributed by atoms with Gasteiger partial charge in [-0.25, -0.2) is 0 Å². The fraction of sp³-hybridized carbons (Fsp3) is 0.320. The Kier molecular flexibility index (Phi) is 6.37. The Morgan fingerprint density at radius 2 is 1.69 bits per heavy atom. The number of rotatable bonds is 5. The average Bonchev–Trinajstić information content (AvgIpc) is 3.19. The fourth-order valence-electron chi connectivity index (χ4n) is 3.96. The van der Waals surface area contributed by atoms with E-state index in [0.29, 0.717) is 49.7 Å². The van der Waals surface area contributed by atoms with Crippen molar-refractivity contribution in [1.82, 2.24) is 15.0 Å². The van der Waals surface area contributed by atoms with E-state index in [4.69, 9.17) is 4.52 Å². The Labute approximate surface area is 188 Å². The molecule has 4 rings (SSSR count). The molecule has 7 nitrogen and oxygen atoms in total. The van der Waals surface area contributed by atoms with Crippen molar-refractivity contribution in [3.8, 4) is 11.3 Å². The Hall–Kier alpha value is -3.45. The number of hydrogen-bond donors (Lipinski definition) is 1. The number of nitrogens with one attached hydrogen (secondary N) is 1. The number of aryl methyl sites for hydroxylation is 2. The summed E-state index contributed by atoms with van der Waals surface area (Å²) in [6, 6.07) is 15.5. The molecular formula is C25H28N4O3. The molecule has 0 aliphatic carbocycles. The standard InChI is InChI=1S/C25H28N4O3/c1-17-8-7-11-21(18(17)2)26-22(30)16-28-12-14-29(15-13-28)25(31)23-19(3)32-27-24(23)20-9-5-4-6-10-20/h4-11H,12-16H2,1-3H3,(H,26,30). The zero-order valence-electron chi connectivity index (χ0n) is 18.7. The molecule has 0 atom stereocenters. The van der Waals surface area contributed by atoms with Crippen molar-refractivity contribution in [3.05, 3.63) is 71.0 Å². The Balaban J connectivity index is 1.36. The molecule has 3 aromatic rings. The molecule has 1 N–H and O–H groups in total. The zero-order chi connectivity index (χ0) is 22.7. The highest BCUT2D eigenvalue weighted by molar-refractivity contribution is 6.01.